The molecule has 3 unspecified atom stereocenters. The van der Waals surface area contributed by atoms with Crippen LogP contribution in [0.15, 0.2) is 28.8 Å². The van der Waals surface area contributed by atoms with Gasteiger partial charge in [-0.3, -0.25) is 0 Å². The molecule has 0 fully saturated rings. The van der Waals surface area contributed by atoms with Crippen LogP contribution in [0.4, 0.5) is 0 Å². The first-order chi connectivity index (χ1) is 9.65. The average molecular weight is 275 g/mol. The number of hydrogen-bond donors (Lipinski definition) is 2. The van der Waals surface area contributed by atoms with Gasteiger partial charge in [0.2, 0.25) is 5.89 Å². The summed E-state index contributed by atoms with van der Waals surface area (Å²) in [5, 5.41) is 13.4. The number of para-hydroxylation sites is 1. The van der Waals surface area contributed by atoms with Crippen molar-refractivity contribution in [2.24, 2.45) is 5.73 Å². The van der Waals surface area contributed by atoms with Crippen LogP contribution in [-0.2, 0) is 6.42 Å². The molecule has 0 amide bonds. The van der Waals surface area contributed by atoms with Crippen LogP contribution < -0.4 is 10.5 Å². The van der Waals surface area contributed by atoms with Crippen molar-refractivity contribution in [2.75, 3.05) is 6.61 Å². The van der Waals surface area contributed by atoms with Crippen LogP contribution in [0.1, 0.15) is 36.2 Å². The number of benzene rings is 1. The molecule has 3 rings (SSSR count). The Morgan fingerprint density at radius 2 is 2.20 bits per heavy atom. The van der Waals surface area contributed by atoms with Crippen molar-refractivity contribution in [3.8, 4) is 5.75 Å². The van der Waals surface area contributed by atoms with Crippen LogP contribution >= 0.6 is 0 Å². The second kappa shape index (κ2) is 5.22. The zero-order valence-electron chi connectivity index (χ0n) is 11.2. The Labute approximate surface area is 116 Å². The van der Waals surface area contributed by atoms with Crippen molar-refractivity contribution in [3.63, 3.8) is 0 Å². The molecule has 0 bridgehead atoms. The highest BCUT2D eigenvalue weighted by Gasteiger charge is 2.27. The molecule has 3 atom stereocenters. The van der Waals surface area contributed by atoms with Crippen LogP contribution in [0.25, 0.3) is 0 Å². The molecular formula is C14H17N3O3. The number of rotatable bonds is 3. The summed E-state index contributed by atoms with van der Waals surface area (Å²) in [4.78, 5) is 4.29. The highest BCUT2D eigenvalue weighted by Crippen LogP contribution is 2.31. The molecular weight excluding hydrogens is 258 g/mol. The van der Waals surface area contributed by atoms with E-state index in [2.05, 4.69) is 10.1 Å². The third-order valence-electron chi connectivity index (χ3n) is 3.51. The maximum atomic E-state index is 9.45. The highest BCUT2D eigenvalue weighted by molar-refractivity contribution is 5.36. The minimum atomic E-state index is -0.730. The quantitative estimate of drug-likeness (QED) is 0.873. The highest BCUT2D eigenvalue weighted by atomic mass is 16.5. The first-order valence-electron chi connectivity index (χ1n) is 6.63. The topological polar surface area (TPSA) is 94.4 Å². The molecule has 6 nitrogen and oxygen atoms in total. The van der Waals surface area contributed by atoms with Gasteiger partial charge in [-0.2, -0.15) is 4.98 Å². The van der Waals surface area contributed by atoms with Gasteiger partial charge in [0.15, 0.2) is 5.82 Å². The second-order valence-electron chi connectivity index (χ2n) is 5.08. The molecule has 0 saturated heterocycles. The van der Waals surface area contributed by atoms with Gasteiger partial charge in [-0.05, 0) is 25.0 Å². The largest absolute Gasteiger partial charge is 0.493 e. The van der Waals surface area contributed by atoms with Crippen LogP contribution in [0.3, 0.4) is 0 Å². The van der Waals surface area contributed by atoms with Crippen molar-refractivity contribution in [3.05, 3.63) is 41.5 Å². The Morgan fingerprint density at radius 3 is 3.00 bits per heavy atom. The summed E-state index contributed by atoms with van der Waals surface area (Å²) >= 11 is 0. The van der Waals surface area contributed by atoms with Gasteiger partial charge in [0, 0.05) is 0 Å². The molecule has 1 aliphatic heterocycles. The SMILES string of the molecule is CC(O)C(N)c1nc(C2COc3ccccc3C2)no1. The molecule has 2 heterocycles. The summed E-state index contributed by atoms with van der Waals surface area (Å²) in [5.41, 5.74) is 6.91. The molecule has 0 spiro atoms. The lowest BCUT2D eigenvalue weighted by molar-refractivity contribution is 0.146. The second-order valence-corrected chi connectivity index (χ2v) is 5.08. The van der Waals surface area contributed by atoms with E-state index in [1.54, 1.807) is 6.92 Å². The van der Waals surface area contributed by atoms with Gasteiger partial charge < -0.3 is 20.1 Å². The maximum Gasteiger partial charge on any atom is 0.246 e. The maximum absolute atomic E-state index is 9.45. The molecule has 2 aromatic rings. The molecule has 1 aromatic carbocycles. The molecule has 1 aliphatic rings. The van der Waals surface area contributed by atoms with Gasteiger partial charge in [-0.1, -0.05) is 23.4 Å². The summed E-state index contributed by atoms with van der Waals surface area (Å²) in [7, 11) is 0. The number of hydrogen-bond acceptors (Lipinski definition) is 6. The number of aromatic nitrogens is 2. The first-order valence-corrected chi connectivity index (χ1v) is 6.63. The van der Waals surface area contributed by atoms with E-state index in [4.69, 9.17) is 15.0 Å². The van der Waals surface area contributed by atoms with Gasteiger partial charge in [0.1, 0.15) is 11.8 Å². The van der Waals surface area contributed by atoms with Crippen LogP contribution in [-0.4, -0.2) is 28.0 Å². The monoisotopic (exact) mass is 275 g/mol. The van der Waals surface area contributed by atoms with Crippen molar-refractivity contribution in [2.45, 2.75) is 31.4 Å². The Hall–Kier alpha value is -1.92. The van der Waals surface area contributed by atoms with E-state index in [1.807, 2.05) is 24.3 Å². The number of nitrogens with zero attached hydrogens (tertiary/aromatic N) is 2. The van der Waals surface area contributed by atoms with E-state index in [0.717, 1.165) is 17.7 Å². The van der Waals surface area contributed by atoms with E-state index in [0.29, 0.717) is 12.4 Å². The summed E-state index contributed by atoms with van der Waals surface area (Å²) in [6, 6.07) is 7.26. The Kier molecular flexibility index (Phi) is 3.42. The van der Waals surface area contributed by atoms with E-state index >= 15 is 0 Å². The molecule has 6 heteroatoms. The fraction of sp³-hybridized carbons (Fsp3) is 0.429. The van der Waals surface area contributed by atoms with Crippen molar-refractivity contribution in [1.82, 2.24) is 10.1 Å². The van der Waals surface area contributed by atoms with Crippen molar-refractivity contribution >= 4 is 0 Å². The van der Waals surface area contributed by atoms with Crippen molar-refractivity contribution in [1.29, 1.82) is 0 Å². The fourth-order valence-corrected chi connectivity index (χ4v) is 2.25. The Balaban J connectivity index is 1.78. The molecule has 3 N–H and O–H groups in total. The van der Waals surface area contributed by atoms with Gasteiger partial charge in [0.25, 0.3) is 0 Å². The lowest BCUT2D eigenvalue weighted by Crippen LogP contribution is -2.24. The standard InChI is InChI=1S/C14H17N3O3/c1-8(18)12(15)14-16-13(17-20-14)10-6-9-4-2-3-5-11(9)19-7-10/h2-5,8,10,12,18H,6-7,15H2,1H3. The van der Waals surface area contributed by atoms with E-state index in [9.17, 15) is 5.11 Å². The normalized spacial score (nSPS) is 20.9. The average Bonchev–Trinajstić information content (AvgIpc) is 2.95. The fourth-order valence-electron chi connectivity index (χ4n) is 2.25. The number of fused-ring (bicyclic) bond motifs is 1. The van der Waals surface area contributed by atoms with Gasteiger partial charge in [0.05, 0.1) is 18.6 Å². The van der Waals surface area contributed by atoms with Gasteiger partial charge in [-0.25, -0.2) is 0 Å². The Morgan fingerprint density at radius 1 is 1.40 bits per heavy atom. The molecule has 106 valence electrons. The van der Waals surface area contributed by atoms with Crippen LogP contribution in [0.5, 0.6) is 5.75 Å². The van der Waals surface area contributed by atoms with Crippen LogP contribution in [0, 0.1) is 0 Å². The lowest BCUT2D eigenvalue weighted by Gasteiger charge is -2.22. The minimum absolute atomic E-state index is 0.0450. The van der Waals surface area contributed by atoms with E-state index < -0.39 is 12.1 Å². The molecule has 1 aromatic heterocycles. The first kappa shape index (κ1) is 13.1. The zero-order chi connectivity index (χ0) is 14.1. The predicted molar refractivity (Wildman–Crippen MR) is 71.3 cm³/mol. The number of aliphatic hydroxyl groups is 1. The molecule has 0 radical (unpaired) electrons. The molecule has 0 aliphatic carbocycles. The number of aliphatic hydroxyl groups excluding tert-OH is 1. The van der Waals surface area contributed by atoms with E-state index in [1.165, 1.54) is 0 Å². The third-order valence-corrected chi connectivity index (χ3v) is 3.51. The Bertz CT molecular complexity index is 597. The van der Waals surface area contributed by atoms with Gasteiger partial charge in [-0.15, -0.1) is 0 Å². The summed E-state index contributed by atoms with van der Waals surface area (Å²) in [5.74, 6) is 1.79. The smallest absolute Gasteiger partial charge is 0.246 e. The van der Waals surface area contributed by atoms with Gasteiger partial charge >= 0.3 is 0 Å². The molecule has 20 heavy (non-hydrogen) atoms. The molecule has 0 saturated carbocycles. The van der Waals surface area contributed by atoms with Crippen LogP contribution in [0.2, 0.25) is 0 Å². The summed E-state index contributed by atoms with van der Waals surface area (Å²) in [6.07, 6.45) is 0.0747. The minimum Gasteiger partial charge on any atom is -0.493 e. The number of ether oxygens (including phenoxy) is 1. The summed E-state index contributed by atoms with van der Waals surface area (Å²) < 4.78 is 10.8. The summed E-state index contributed by atoms with van der Waals surface area (Å²) in [6.45, 7) is 2.11. The lowest BCUT2D eigenvalue weighted by atomic mass is 9.96. The van der Waals surface area contributed by atoms with E-state index in [-0.39, 0.29) is 11.8 Å². The zero-order valence-corrected chi connectivity index (χ0v) is 11.2. The predicted octanol–water partition coefficient (Wildman–Crippen LogP) is 1.17. The third kappa shape index (κ3) is 2.39. The van der Waals surface area contributed by atoms with Crippen molar-refractivity contribution < 1.29 is 14.4 Å². The number of nitrogens with two attached hydrogens (primary N) is 1.